The molecule has 1 aromatic carbocycles. The number of carbonyl (C=O) groups is 1. The summed E-state index contributed by atoms with van der Waals surface area (Å²) in [7, 11) is 0. The van der Waals surface area contributed by atoms with E-state index in [9.17, 15) is 4.79 Å². The minimum atomic E-state index is -0.149. The number of morpholine rings is 1. The summed E-state index contributed by atoms with van der Waals surface area (Å²) in [5.74, 6) is 0.540. The predicted molar refractivity (Wildman–Crippen MR) is 92.0 cm³/mol. The summed E-state index contributed by atoms with van der Waals surface area (Å²) in [6.45, 7) is 4.75. The highest BCUT2D eigenvalue weighted by molar-refractivity contribution is 7.09. The van der Waals surface area contributed by atoms with Crippen molar-refractivity contribution < 1.29 is 14.3 Å². The number of amides is 1. The summed E-state index contributed by atoms with van der Waals surface area (Å²) in [5, 5.41) is 5.80. The van der Waals surface area contributed by atoms with Crippen LogP contribution in [0.2, 0.25) is 0 Å². The van der Waals surface area contributed by atoms with Crippen LogP contribution in [0.4, 0.5) is 0 Å². The Balaban J connectivity index is 1.39. The van der Waals surface area contributed by atoms with Crippen LogP contribution in [0.1, 0.15) is 10.7 Å². The lowest BCUT2D eigenvalue weighted by Crippen LogP contribution is -2.35. The maximum Gasteiger partial charge on any atom is 0.258 e. The standard InChI is InChI=1S/C17H21N3O3S/c21-16(12-23-15-4-2-1-3-5-15)18-10-17-19-14(13-24-17)11-20-6-8-22-9-7-20/h1-5,13H,6-12H2,(H,18,21). The minimum absolute atomic E-state index is 0.00994. The van der Waals surface area contributed by atoms with E-state index in [2.05, 4.69) is 20.6 Å². The molecule has 2 heterocycles. The van der Waals surface area contributed by atoms with Gasteiger partial charge in [0.15, 0.2) is 6.61 Å². The first-order valence-corrected chi connectivity index (χ1v) is 8.85. The lowest BCUT2D eigenvalue weighted by Gasteiger charge is -2.25. The average molecular weight is 347 g/mol. The van der Waals surface area contributed by atoms with Crippen LogP contribution >= 0.6 is 11.3 Å². The fourth-order valence-electron chi connectivity index (χ4n) is 2.38. The van der Waals surface area contributed by atoms with Crippen molar-refractivity contribution in [2.24, 2.45) is 0 Å². The molecule has 0 radical (unpaired) electrons. The zero-order valence-electron chi connectivity index (χ0n) is 13.4. The normalized spacial score (nSPS) is 15.2. The number of hydrogen-bond acceptors (Lipinski definition) is 6. The highest BCUT2D eigenvalue weighted by Crippen LogP contribution is 2.13. The van der Waals surface area contributed by atoms with Gasteiger partial charge in [-0.1, -0.05) is 18.2 Å². The van der Waals surface area contributed by atoms with E-state index < -0.39 is 0 Å². The van der Waals surface area contributed by atoms with E-state index >= 15 is 0 Å². The lowest BCUT2D eigenvalue weighted by atomic mass is 10.3. The molecule has 0 saturated carbocycles. The molecule has 0 unspecified atom stereocenters. The summed E-state index contributed by atoms with van der Waals surface area (Å²) in [4.78, 5) is 18.7. The molecule has 1 aliphatic heterocycles. The van der Waals surface area contributed by atoms with Gasteiger partial charge in [-0.05, 0) is 12.1 Å². The van der Waals surface area contributed by atoms with Crippen LogP contribution in [-0.2, 0) is 22.6 Å². The number of para-hydroxylation sites is 1. The average Bonchev–Trinajstić information content (AvgIpc) is 3.07. The third-order valence-electron chi connectivity index (χ3n) is 3.64. The van der Waals surface area contributed by atoms with Crippen LogP contribution in [0, 0.1) is 0 Å². The zero-order valence-corrected chi connectivity index (χ0v) is 14.3. The van der Waals surface area contributed by atoms with Gasteiger partial charge in [0.1, 0.15) is 10.8 Å². The Labute approximate surface area is 145 Å². The van der Waals surface area contributed by atoms with Crippen molar-refractivity contribution >= 4 is 17.2 Å². The summed E-state index contributed by atoms with van der Waals surface area (Å²) < 4.78 is 10.8. The predicted octanol–water partition coefficient (Wildman–Crippen LogP) is 1.67. The van der Waals surface area contributed by atoms with Gasteiger partial charge >= 0.3 is 0 Å². The number of carbonyl (C=O) groups excluding carboxylic acids is 1. The Morgan fingerprint density at radius 1 is 1.29 bits per heavy atom. The number of nitrogens with one attached hydrogen (secondary N) is 1. The second kappa shape index (κ2) is 8.77. The maximum atomic E-state index is 11.8. The first-order chi connectivity index (χ1) is 11.8. The number of rotatable bonds is 7. The number of hydrogen-bond donors (Lipinski definition) is 1. The molecule has 1 aliphatic rings. The number of benzene rings is 1. The molecule has 3 rings (SSSR count). The molecule has 1 saturated heterocycles. The number of thiazole rings is 1. The van der Waals surface area contributed by atoms with Gasteiger partial charge in [0.2, 0.25) is 0 Å². The van der Waals surface area contributed by atoms with Crippen LogP contribution in [-0.4, -0.2) is 48.7 Å². The number of ether oxygens (including phenoxy) is 2. The van der Waals surface area contributed by atoms with Crippen LogP contribution in [0.15, 0.2) is 35.7 Å². The topological polar surface area (TPSA) is 63.7 Å². The maximum absolute atomic E-state index is 11.8. The van der Waals surface area contributed by atoms with Crippen LogP contribution in [0.3, 0.4) is 0 Å². The van der Waals surface area contributed by atoms with Crippen molar-refractivity contribution in [3.63, 3.8) is 0 Å². The smallest absolute Gasteiger partial charge is 0.258 e. The molecule has 2 aromatic rings. The molecular formula is C17H21N3O3S. The van der Waals surface area contributed by atoms with Crippen molar-refractivity contribution in [1.29, 1.82) is 0 Å². The molecule has 1 N–H and O–H groups in total. The zero-order chi connectivity index (χ0) is 16.6. The fourth-order valence-corrected chi connectivity index (χ4v) is 3.11. The van der Waals surface area contributed by atoms with Crippen LogP contribution < -0.4 is 10.1 Å². The Hall–Kier alpha value is -1.96. The van der Waals surface area contributed by atoms with E-state index in [1.54, 1.807) is 11.3 Å². The molecule has 1 fully saturated rings. The summed E-state index contributed by atoms with van der Waals surface area (Å²) in [5.41, 5.74) is 1.05. The third-order valence-corrected chi connectivity index (χ3v) is 4.54. The molecule has 0 atom stereocenters. The van der Waals surface area contributed by atoms with Crippen molar-refractivity contribution in [1.82, 2.24) is 15.2 Å². The molecule has 0 spiro atoms. The van der Waals surface area contributed by atoms with Gasteiger partial charge in [0.05, 0.1) is 25.5 Å². The fraction of sp³-hybridized carbons (Fsp3) is 0.412. The van der Waals surface area contributed by atoms with Gasteiger partial charge in [0.25, 0.3) is 5.91 Å². The van der Waals surface area contributed by atoms with E-state index in [0.29, 0.717) is 12.3 Å². The third kappa shape index (κ3) is 5.30. The molecule has 128 valence electrons. The summed E-state index contributed by atoms with van der Waals surface area (Å²) >= 11 is 1.57. The molecule has 24 heavy (non-hydrogen) atoms. The van der Waals surface area contributed by atoms with E-state index in [1.807, 2.05) is 30.3 Å². The van der Waals surface area contributed by atoms with Gasteiger partial charge in [-0.15, -0.1) is 11.3 Å². The number of nitrogens with zero attached hydrogens (tertiary/aromatic N) is 2. The molecule has 0 bridgehead atoms. The molecule has 1 amide bonds. The first kappa shape index (κ1) is 16.9. The second-order valence-corrected chi connectivity index (χ2v) is 6.44. The Morgan fingerprint density at radius 2 is 2.08 bits per heavy atom. The van der Waals surface area contributed by atoms with Gasteiger partial charge in [-0.3, -0.25) is 9.69 Å². The Morgan fingerprint density at radius 3 is 2.88 bits per heavy atom. The lowest BCUT2D eigenvalue weighted by molar-refractivity contribution is -0.123. The van der Waals surface area contributed by atoms with Crippen molar-refractivity contribution in [3.05, 3.63) is 46.4 Å². The highest BCUT2D eigenvalue weighted by Gasteiger charge is 2.13. The van der Waals surface area contributed by atoms with Crippen molar-refractivity contribution in [2.45, 2.75) is 13.1 Å². The minimum Gasteiger partial charge on any atom is -0.484 e. The first-order valence-electron chi connectivity index (χ1n) is 7.97. The van der Waals surface area contributed by atoms with Gasteiger partial charge in [-0.2, -0.15) is 0 Å². The molecule has 6 nitrogen and oxygen atoms in total. The molecule has 1 aromatic heterocycles. The Kier molecular flexibility index (Phi) is 6.17. The second-order valence-electron chi connectivity index (χ2n) is 5.50. The van der Waals surface area contributed by atoms with E-state index in [4.69, 9.17) is 9.47 Å². The van der Waals surface area contributed by atoms with Gasteiger partial charge in [-0.25, -0.2) is 4.98 Å². The van der Waals surface area contributed by atoms with Crippen molar-refractivity contribution in [2.75, 3.05) is 32.9 Å². The van der Waals surface area contributed by atoms with Crippen molar-refractivity contribution in [3.8, 4) is 5.75 Å². The van der Waals surface area contributed by atoms with Gasteiger partial charge in [0, 0.05) is 25.0 Å². The molecule has 0 aliphatic carbocycles. The largest absolute Gasteiger partial charge is 0.484 e. The van der Waals surface area contributed by atoms with Gasteiger partial charge < -0.3 is 14.8 Å². The van der Waals surface area contributed by atoms with E-state index in [0.717, 1.165) is 43.5 Å². The molecular weight excluding hydrogens is 326 g/mol. The Bertz CT molecular complexity index is 642. The van der Waals surface area contributed by atoms with E-state index in [-0.39, 0.29) is 12.5 Å². The summed E-state index contributed by atoms with van der Waals surface area (Å²) in [6, 6.07) is 9.31. The van der Waals surface area contributed by atoms with Crippen LogP contribution in [0.5, 0.6) is 5.75 Å². The quantitative estimate of drug-likeness (QED) is 0.825. The SMILES string of the molecule is O=C(COc1ccccc1)NCc1nc(CN2CCOCC2)cs1. The monoisotopic (exact) mass is 347 g/mol. The van der Waals surface area contributed by atoms with Crippen LogP contribution in [0.25, 0.3) is 0 Å². The summed E-state index contributed by atoms with van der Waals surface area (Å²) in [6.07, 6.45) is 0. The highest BCUT2D eigenvalue weighted by atomic mass is 32.1. The number of aromatic nitrogens is 1. The molecule has 7 heteroatoms. The van der Waals surface area contributed by atoms with E-state index in [1.165, 1.54) is 0 Å².